The highest BCUT2D eigenvalue weighted by molar-refractivity contribution is 5.82. The van der Waals surface area contributed by atoms with Crippen molar-refractivity contribution in [2.24, 2.45) is 5.73 Å². The summed E-state index contributed by atoms with van der Waals surface area (Å²) in [7, 11) is 0. The van der Waals surface area contributed by atoms with Crippen LogP contribution < -0.4 is 5.73 Å². The Hall–Kier alpha value is -0.780. The predicted molar refractivity (Wildman–Crippen MR) is 44.5 cm³/mol. The molecule has 0 unspecified atom stereocenters. The number of carbonyl (C=O) groups excluding carboxylic acids is 1. The number of hydrogen-bond donors (Lipinski definition) is 1. The van der Waals surface area contributed by atoms with Gasteiger partial charge in [0.1, 0.15) is 0 Å². The Morgan fingerprint density at radius 1 is 1.43 bits per heavy atom. The normalized spacial score (nSPS) is 23.7. The highest BCUT2D eigenvalue weighted by atomic mass is 19.4. The van der Waals surface area contributed by atoms with E-state index in [4.69, 9.17) is 5.73 Å². The molecule has 14 heavy (non-hydrogen) atoms. The minimum absolute atomic E-state index is 0.0990. The average Bonchev–Trinajstić information content (AvgIpc) is 2.15. The van der Waals surface area contributed by atoms with Crippen LogP contribution in [0.3, 0.4) is 0 Å². The zero-order valence-electron chi connectivity index (χ0n) is 7.68. The first-order valence-corrected chi connectivity index (χ1v) is 4.54. The Morgan fingerprint density at radius 3 is 2.57 bits per heavy atom. The van der Waals surface area contributed by atoms with Crippen LogP contribution in [0.15, 0.2) is 0 Å². The van der Waals surface area contributed by atoms with E-state index in [1.54, 1.807) is 0 Å². The van der Waals surface area contributed by atoms with Crippen LogP contribution in [-0.2, 0) is 4.79 Å². The molecular weight excluding hydrogens is 197 g/mol. The van der Waals surface area contributed by atoms with Crippen LogP contribution in [0.5, 0.6) is 0 Å². The van der Waals surface area contributed by atoms with Gasteiger partial charge < -0.3 is 10.6 Å². The molecule has 0 aliphatic carbocycles. The maximum absolute atomic E-state index is 12.1. The second-order valence-electron chi connectivity index (χ2n) is 3.38. The van der Waals surface area contributed by atoms with Gasteiger partial charge in [-0.3, -0.25) is 4.79 Å². The number of piperidine rings is 1. The van der Waals surface area contributed by atoms with Gasteiger partial charge in [-0.2, -0.15) is 13.2 Å². The van der Waals surface area contributed by atoms with Crippen LogP contribution in [0.2, 0.25) is 0 Å². The van der Waals surface area contributed by atoms with Crippen molar-refractivity contribution in [1.29, 1.82) is 0 Å². The van der Waals surface area contributed by atoms with E-state index in [1.807, 2.05) is 0 Å². The molecule has 1 fully saturated rings. The molecule has 1 heterocycles. The van der Waals surface area contributed by atoms with Crippen LogP contribution in [0, 0.1) is 0 Å². The monoisotopic (exact) mass is 210 g/mol. The number of nitrogens with two attached hydrogens (primary N) is 1. The lowest BCUT2D eigenvalue weighted by Gasteiger charge is -2.35. The SMILES string of the molecule is NC[C@H]1CCCCN1C(=O)C(F)(F)F. The summed E-state index contributed by atoms with van der Waals surface area (Å²) < 4.78 is 36.3. The van der Waals surface area contributed by atoms with Crippen molar-refractivity contribution in [3.05, 3.63) is 0 Å². The van der Waals surface area contributed by atoms with Gasteiger partial charge in [-0.15, -0.1) is 0 Å². The topological polar surface area (TPSA) is 46.3 Å². The van der Waals surface area contributed by atoms with Crippen LogP contribution >= 0.6 is 0 Å². The summed E-state index contributed by atoms with van der Waals surface area (Å²) in [6.07, 6.45) is -2.75. The summed E-state index contributed by atoms with van der Waals surface area (Å²) >= 11 is 0. The van der Waals surface area contributed by atoms with Crippen LogP contribution in [0.1, 0.15) is 19.3 Å². The molecule has 0 radical (unpaired) electrons. The first-order chi connectivity index (χ1) is 6.46. The lowest BCUT2D eigenvalue weighted by Crippen LogP contribution is -2.52. The fourth-order valence-corrected chi connectivity index (χ4v) is 1.68. The molecule has 3 nitrogen and oxygen atoms in total. The molecule has 0 saturated carbocycles. The van der Waals surface area contributed by atoms with Crippen molar-refractivity contribution in [3.63, 3.8) is 0 Å². The molecular formula is C8H13F3N2O. The molecule has 0 aromatic rings. The van der Waals surface area contributed by atoms with Gasteiger partial charge in [0.05, 0.1) is 0 Å². The van der Waals surface area contributed by atoms with Gasteiger partial charge in [-0.05, 0) is 19.3 Å². The van der Waals surface area contributed by atoms with Crippen molar-refractivity contribution in [2.75, 3.05) is 13.1 Å². The molecule has 1 atom stereocenters. The number of nitrogens with zero attached hydrogens (tertiary/aromatic N) is 1. The summed E-state index contributed by atoms with van der Waals surface area (Å²) in [5.41, 5.74) is 5.31. The highest BCUT2D eigenvalue weighted by Gasteiger charge is 2.44. The summed E-state index contributed by atoms with van der Waals surface area (Å²) in [6, 6.07) is -0.446. The Morgan fingerprint density at radius 2 is 2.07 bits per heavy atom. The number of carbonyl (C=O) groups is 1. The van der Waals surface area contributed by atoms with E-state index in [1.165, 1.54) is 0 Å². The van der Waals surface area contributed by atoms with Crippen LogP contribution in [-0.4, -0.2) is 36.1 Å². The van der Waals surface area contributed by atoms with Crippen molar-refractivity contribution < 1.29 is 18.0 Å². The van der Waals surface area contributed by atoms with Crippen molar-refractivity contribution in [3.8, 4) is 0 Å². The molecule has 0 aromatic heterocycles. The number of likely N-dealkylation sites (tertiary alicyclic amines) is 1. The maximum atomic E-state index is 12.1. The molecule has 0 aromatic carbocycles. The van der Waals surface area contributed by atoms with Gasteiger partial charge in [0, 0.05) is 19.1 Å². The first-order valence-electron chi connectivity index (χ1n) is 4.54. The smallest absolute Gasteiger partial charge is 0.331 e. The highest BCUT2D eigenvalue weighted by Crippen LogP contribution is 2.24. The summed E-state index contributed by atoms with van der Waals surface area (Å²) in [6.45, 7) is 0.266. The quantitative estimate of drug-likeness (QED) is 0.698. The van der Waals surface area contributed by atoms with Crippen LogP contribution in [0.4, 0.5) is 13.2 Å². The van der Waals surface area contributed by atoms with E-state index in [0.29, 0.717) is 12.8 Å². The van der Waals surface area contributed by atoms with E-state index >= 15 is 0 Å². The minimum atomic E-state index is -4.77. The van der Waals surface area contributed by atoms with E-state index in [0.717, 1.165) is 11.3 Å². The standard InChI is InChI=1S/C8H13F3N2O/c9-8(10,11)7(14)13-4-2-1-3-6(13)5-12/h6H,1-5,12H2/t6-/m1/s1. The third kappa shape index (κ3) is 2.37. The second-order valence-corrected chi connectivity index (χ2v) is 3.38. The molecule has 82 valence electrons. The van der Waals surface area contributed by atoms with Gasteiger partial charge in [-0.1, -0.05) is 0 Å². The fourth-order valence-electron chi connectivity index (χ4n) is 1.68. The molecule has 0 spiro atoms. The van der Waals surface area contributed by atoms with E-state index in [2.05, 4.69) is 0 Å². The summed E-state index contributed by atoms with van der Waals surface area (Å²) in [5, 5.41) is 0. The minimum Gasteiger partial charge on any atom is -0.331 e. The van der Waals surface area contributed by atoms with Crippen molar-refractivity contribution >= 4 is 5.91 Å². The molecule has 1 saturated heterocycles. The van der Waals surface area contributed by atoms with E-state index in [9.17, 15) is 18.0 Å². The molecule has 1 rings (SSSR count). The lowest BCUT2D eigenvalue weighted by molar-refractivity contribution is -0.188. The number of alkyl halides is 3. The number of halogens is 3. The van der Waals surface area contributed by atoms with Gasteiger partial charge in [0.15, 0.2) is 0 Å². The Labute approximate surface area is 80.0 Å². The second kappa shape index (κ2) is 4.16. The Balaban J connectivity index is 2.69. The van der Waals surface area contributed by atoms with E-state index < -0.39 is 18.1 Å². The Bertz CT molecular complexity index is 217. The number of rotatable bonds is 1. The zero-order valence-corrected chi connectivity index (χ0v) is 7.68. The maximum Gasteiger partial charge on any atom is 0.471 e. The summed E-state index contributed by atoms with van der Waals surface area (Å²) in [4.78, 5) is 11.8. The predicted octanol–water partition coefficient (Wildman–Crippen LogP) is 0.888. The number of amides is 1. The fraction of sp³-hybridized carbons (Fsp3) is 0.875. The third-order valence-electron chi connectivity index (χ3n) is 2.40. The lowest BCUT2D eigenvalue weighted by atomic mass is 10.0. The summed E-state index contributed by atoms with van der Waals surface area (Å²) in [5.74, 6) is -1.76. The third-order valence-corrected chi connectivity index (χ3v) is 2.40. The number of hydrogen-bond acceptors (Lipinski definition) is 2. The van der Waals surface area contributed by atoms with Gasteiger partial charge in [0.25, 0.3) is 0 Å². The zero-order chi connectivity index (χ0) is 10.8. The van der Waals surface area contributed by atoms with Crippen LogP contribution in [0.25, 0.3) is 0 Å². The van der Waals surface area contributed by atoms with Crippen molar-refractivity contribution in [2.45, 2.75) is 31.5 Å². The molecule has 6 heteroatoms. The first kappa shape index (κ1) is 11.3. The van der Waals surface area contributed by atoms with Crippen molar-refractivity contribution in [1.82, 2.24) is 4.90 Å². The average molecular weight is 210 g/mol. The van der Waals surface area contributed by atoms with Gasteiger partial charge >= 0.3 is 12.1 Å². The van der Waals surface area contributed by atoms with E-state index in [-0.39, 0.29) is 13.1 Å². The molecule has 2 N–H and O–H groups in total. The molecule has 1 aliphatic rings. The molecule has 1 amide bonds. The van der Waals surface area contributed by atoms with Gasteiger partial charge in [0.2, 0.25) is 0 Å². The molecule has 0 bridgehead atoms. The largest absolute Gasteiger partial charge is 0.471 e. The molecule has 1 aliphatic heterocycles. The Kier molecular flexibility index (Phi) is 3.36. The van der Waals surface area contributed by atoms with Gasteiger partial charge in [-0.25, -0.2) is 0 Å².